The molecule has 22 heavy (non-hydrogen) atoms. The zero-order valence-electron chi connectivity index (χ0n) is 12.8. The van der Waals surface area contributed by atoms with Crippen LogP contribution in [0.4, 0.5) is 16.2 Å². The number of benzene rings is 2. The molecule has 2 aromatic carbocycles. The van der Waals surface area contributed by atoms with E-state index in [-0.39, 0.29) is 12.1 Å². The van der Waals surface area contributed by atoms with Crippen LogP contribution in [0.15, 0.2) is 60.7 Å². The third-order valence-electron chi connectivity index (χ3n) is 3.46. The molecule has 0 saturated heterocycles. The van der Waals surface area contributed by atoms with Crippen LogP contribution in [0.1, 0.15) is 19.8 Å². The van der Waals surface area contributed by atoms with E-state index < -0.39 is 0 Å². The molecule has 0 heterocycles. The van der Waals surface area contributed by atoms with Gasteiger partial charge in [-0.25, -0.2) is 4.79 Å². The van der Waals surface area contributed by atoms with Gasteiger partial charge in [-0.15, -0.1) is 0 Å². The summed E-state index contributed by atoms with van der Waals surface area (Å²) in [7, 11) is 0. The molecule has 0 spiro atoms. The molecule has 0 aliphatic rings. The first-order chi connectivity index (χ1) is 10.7. The number of nitrogens with one attached hydrogen (secondary N) is 1. The highest BCUT2D eigenvalue weighted by molar-refractivity contribution is 5.99. The normalized spacial score (nSPS) is 11.7. The van der Waals surface area contributed by atoms with Crippen LogP contribution in [0.5, 0.6) is 0 Å². The van der Waals surface area contributed by atoms with Gasteiger partial charge < -0.3 is 10.4 Å². The molecular weight excluding hydrogens is 276 g/mol. The first kappa shape index (κ1) is 16.0. The van der Waals surface area contributed by atoms with Gasteiger partial charge >= 0.3 is 6.03 Å². The molecular formula is C18H22N2O2. The van der Waals surface area contributed by atoms with Crippen LogP contribution in [0.2, 0.25) is 0 Å². The summed E-state index contributed by atoms with van der Waals surface area (Å²) in [6, 6.07) is 18.8. The molecule has 4 nitrogen and oxygen atoms in total. The Morgan fingerprint density at radius 1 is 1.05 bits per heavy atom. The maximum Gasteiger partial charge on any atom is 0.326 e. The zero-order chi connectivity index (χ0) is 15.8. The van der Waals surface area contributed by atoms with E-state index in [2.05, 4.69) is 5.32 Å². The van der Waals surface area contributed by atoms with Gasteiger partial charge in [-0.3, -0.25) is 4.90 Å². The number of urea groups is 1. The average molecular weight is 298 g/mol. The molecule has 0 saturated carbocycles. The fraction of sp³-hybridized carbons (Fsp3) is 0.278. The number of rotatable bonds is 6. The minimum Gasteiger partial charge on any atom is -0.393 e. The molecule has 0 aliphatic carbocycles. The van der Waals surface area contributed by atoms with E-state index >= 15 is 0 Å². The van der Waals surface area contributed by atoms with Crippen molar-refractivity contribution < 1.29 is 9.90 Å². The smallest absolute Gasteiger partial charge is 0.326 e. The number of para-hydroxylation sites is 2. The van der Waals surface area contributed by atoms with Crippen LogP contribution in [-0.2, 0) is 0 Å². The lowest BCUT2D eigenvalue weighted by Crippen LogP contribution is -2.38. The van der Waals surface area contributed by atoms with Gasteiger partial charge in [-0.05, 0) is 37.1 Å². The molecule has 0 fully saturated rings. The van der Waals surface area contributed by atoms with E-state index in [1.807, 2.05) is 67.6 Å². The second-order valence-corrected chi connectivity index (χ2v) is 5.09. The number of aliphatic hydroxyl groups excluding tert-OH is 1. The Balaban J connectivity index is 2.13. The predicted octanol–water partition coefficient (Wildman–Crippen LogP) is 3.70. The summed E-state index contributed by atoms with van der Waals surface area (Å²) in [5.74, 6) is 0. The SMILES string of the molecule is CC[C@@H](O)CCNC(=O)N(c1ccccc1)c1ccccc1. The number of amides is 2. The van der Waals surface area contributed by atoms with Gasteiger partial charge in [-0.1, -0.05) is 43.3 Å². The van der Waals surface area contributed by atoms with Crippen molar-refractivity contribution >= 4 is 17.4 Å². The summed E-state index contributed by atoms with van der Waals surface area (Å²) >= 11 is 0. The van der Waals surface area contributed by atoms with Crippen LogP contribution in [0.3, 0.4) is 0 Å². The maximum atomic E-state index is 12.5. The van der Waals surface area contributed by atoms with Crippen molar-refractivity contribution in [1.82, 2.24) is 5.32 Å². The van der Waals surface area contributed by atoms with Crippen LogP contribution in [0, 0.1) is 0 Å². The summed E-state index contributed by atoms with van der Waals surface area (Å²) in [5, 5.41) is 12.5. The third kappa shape index (κ3) is 4.33. The maximum absolute atomic E-state index is 12.5. The highest BCUT2D eigenvalue weighted by Crippen LogP contribution is 2.24. The van der Waals surface area contributed by atoms with Crippen LogP contribution in [-0.4, -0.2) is 23.8 Å². The quantitative estimate of drug-likeness (QED) is 0.854. The number of carbonyl (C=O) groups is 1. The fourth-order valence-electron chi connectivity index (χ4n) is 2.17. The van der Waals surface area contributed by atoms with E-state index in [0.29, 0.717) is 19.4 Å². The number of hydrogen-bond acceptors (Lipinski definition) is 2. The highest BCUT2D eigenvalue weighted by atomic mass is 16.3. The number of anilines is 2. The molecule has 2 N–H and O–H groups in total. The van der Waals surface area contributed by atoms with Crippen LogP contribution in [0.25, 0.3) is 0 Å². The summed E-state index contributed by atoms with van der Waals surface area (Å²) in [6.07, 6.45) is 0.874. The largest absolute Gasteiger partial charge is 0.393 e. The van der Waals surface area contributed by atoms with Gasteiger partial charge in [0.05, 0.1) is 17.5 Å². The number of nitrogens with zero attached hydrogens (tertiary/aromatic N) is 1. The number of carbonyl (C=O) groups excluding carboxylic acids is 1. The molecule has 0 aliphatic heterocycles. The Morgan fingerprint density at radius 3 is 2.00 bits per heavy atom. The van der Waals surface area contributed by atoms with Gasteiger partial charge in [0.2, 0.25) is 0 Å². The molecule has 2 amide bonds. The fourth-order valence-corrected chi connectivity index (χ4v) is 2.17. The van der Waals surface area contributed by atoms with Crippen molar-refractivity contribution in [3.63, 3.8) is 0 Å². The van der Waals surface area contributed by atoms with E-state index in [1.165, 1.54) is 0 Å². The second kappa shape index (κ2) is 8.20. The molecule has 2 rings (SSSR count). The third-order valence-corrected chi connectivity index (χ3v) is 3.46. The zero-order valence-corrected chi connectivity index (χ0v) is 12.8. The van der Waals surface area contributed by atoms with Gasteiger partial charge in [-0.2, -0.15) is 0 Å². The van der Waals surface area contributed by atoms with E-state index in [4.69, 9.17) is 0 Å². The van der Waals surface area contributed by atoms with Gasteiger partial charge in [0.15, 0.2) is 0 Å². The molecule has 0 aromatic heterocycles. The van der Waals surface area contributed by atoms with Crippen molar-refractivity contribution in [3.8, 4) is 0 Å². The van der Waals surface area contributed by atoms with Crippen LogP contribution < -0.4 is 10.2 Å². The standard InChI is InChI=1S/C18H22N2O2/c1-2-17(21)13-14-19-18(22)20(15-9-5-3-6-10-15)16-11-7-4-8-12-16/h3-12,17,21H,2,13-14H2,1H3,(H,19,22)/t17-/m1/s1. The van der Waals surface area contributed by atoms with Crippen molar-refractivity contribution in [2.75, 3.05) is 11.4 Å². The van der Waals surface area contributed by atoms with Crippen molar-refractivity contribution in [3.05, 3.63) is 60.7 Å². The van der Waals surface area contributed by atoms with E-state index in [1.54, 1.807) is 4.90 Å². The summed E-state index contributed by atoms with van der Waals surface area (Å²) in [4.78, 5) is 14.2. The Morgan fingerprint density at radius 2 is 1.55 bits per heavy atom. The molecule has 0 bridgehead atoms. The van der Waals surface area contributed by atoms with E-state index in [0.717, 1.165) is 11.4 Å². The van der Waals surface area contributed by atoms with Crippen molar-refractivity contribution in [2.45, 2.75) is 25.9 Å². The van der Waals surface area contributed by atoms with Gasteiger partial charge in [0.25, 0.3) is 0 Å². The first-order valence-corrected chi connectivity index (χ1v) is 7.58. The summed E-state index contributed by atoms with van der Waals surface area (Å²) in [6.45, 7) is 2.37. The molecule has 1 atom stereocenters. The van der Waals surface area contributed by atoms with E-state index in [9.17, 15) is 9.90 Å². The molecule has 4 heteroatoms. The number of aliphatic hydroxyl groups is 1. The first-order valence-electron chi connectivity index (χ1n) is 7.58. The highest BCUT2D eigenvalue weighted by Gasteiger charge is 2.17. The molecule has 0 radical (unpaired) electrons. The summed E-state index contributed by atoms with van der Waals surface area (Å²) in [5.41, 5.74) is 1.62. The average Bonchev–Trinajstić information content (AvgIpc) is 2.57. The lowest BCUT2D eigenvalue weighted by molar-refractivity contribution is 0.160. The lowest BCUT2D eigenvalue weighted by atomic mass is 10.2. The predicted molar refractivity (Wildman–Crippen MR) is 89.3 cm³/mol. The minimum absolute atomic E-state index is 0.194. The van der Waals surface area contributed by atoms with Crippen molar-refractivity contribution in [1.29, 1.82) is 0 Å². The molecule has 2 aromatic rings. The minimum atomic E-state index is -0.373. The number of hydrogen-bond donors (Lipinski definition) is 2. The van der Waals surface area contributed by atoms with Gasteiger partial charge in [0, 0.05) is 6.54 Å². The second-order valence-electron chi connectivity index (χ2n) is 5.09. The Kier molecular flexibility index (Phi) is 5.98. The topological polar surface area (TPSA) is 52.6 Å². The monoisotopic (exact) mass is 298 g/mol. The van der Waals surface area contributed by atoms with Gasteiger partial charge in [0.1, 0.15) is 0 Å². The van der Waals surface area contributed by atoms with Crippen LogP contribution >= 0.6 is 0 Å². The lowest BCUT2D eigenvalue weighted by Gasteiger charge is -2.23. The van der Waals surface area contributed by atoms with Crippen molar-refractivity contribution in [2.24, 2.45) is 0 Å². The molecule has 0 unspecified atom stereocenters. The molecule has 116 valence electrons. The Labute approximate surface area is 131 Å². The summed E-state index contributed by atoms with van der Waals surface area (Å²) < 4.78 is 0. The Bertz CT molecular complexity index is 533. The Hall–Kier alpha value is -2.33.